The number of unbranched alkanes of at least 4 members (excludes halogenated alkanes) is 1. The number of carbonyl (C=O) groups is 2. The number of aryl methyl sites for hydroxylation is 2. The van der Waals surface area contributed by atoms with Crippen molar-refractivity contribution in [2.45, 2.75) is 59.3 Å². The van der Waals surface area contributed by atoms with Gasteiger partial charge in [-0.3, -0.25) is 9.59 Å². The quantitative estimate of drug-likeness (QED) is 0.836. The van der Waals surface area contributed by atoms with Crippen LogP contribution >= 0.6 is 0 Å². The average Bonchev–Trinajstić information content (AvgIpc) is 2.62. The van der Waals surface area contributed by atoms with Gasteiger partial charge in [0.25, 0.3) is 0 Å². The molecule has 1 aromatic rings. The second-order valence-electron chi connectivity index (χ2n) is 7.47. The molecule has 138 valence electrons. The highest BCUT2D eigenvalue weighted by Crippen LogP contribution is 2.31. The molecule has 1 aliphatic carbocycles. The molecule has 0 aromatic heterocycles. The Hall–Kier alpha value is -1.84. The Balaban J connectivity index is 1.86. The maximum Gasteiger partial charge on any atom is 0.227 e. The maximum absolute atomic E-state index is 12.6. The van der Waals surface area contributed by atoms with E-state index >= 15 is 0 Å². The Kier molecular flexibility index (Phi) is 7.03. The zero-order valence-electron chi connectivity index (χ0n) is 16.1. The molecule has 1 aliphatic rings. The summed E-state index contributed by atoms with van der Waals surface area (Å²) in [5.74, 6) is 0.456. The summed E-state index contributed by atoms with van der Waals surface area (Å²) in [4.78, 5) is 26.9. The van der Waals surface area contributed by atoms with E-state index in [1.54, 1.807) is 0 Å². The van der Waals surface area contributed by atoms with E-state index in [0.717, 1.165) is 61.9 Å². The number of amides is 2. The summed E-state index contributed by atoms with van der Waals surface area (Å²) in [6.45, 7) is 7.01. The molecule has 2 rings (SSSR count). The monoisotopic (exact) mass is 344 g/mol. The first-order valence-electron chi connectivity index (χ1n) is 9.55. The summed E-state index contributed by atoms with van der Waals surface area (Å²) in [7, 11) is 1.90. The van der Waals surface area contributed by atoms with Crippen LogP contribution in [0.2, 0.25) is 0 Å². The summed E-state index contributed by atoms with van der Waals surface area (Å²) in [6, 6.07) is 6.11. The van der Waals surface area contributed by atoms with Gasteiger partial charge >= 0.3 is 0 Å². The van der Waals surface area contributed by atoms with E-state index in [4.69, 9.17) is 0 Å². The van der Waals surface area contributed by atoms with Crippen LogP contribution in [0.3, 0.4) is 0 Å². The molecule has 0 saturated heterocycles. The molecule has 1 fully saturated rings. The molecule has 1 aromatic carbocycles. The van der Waals surface area contributed by atoms with Crippen molar-refractivity contribution in [1.82, 2.24) is 4.90 Å². The fourth-order valence-electron chi connectivity index (χ4n) is 3.53. The van der Waals surface area contributed by atoms with Gasteiger partial charge in [0.1, 0.15) is 0 Å². The van der Waals surface area contributed by atoms with Crippen LogP contribution in [0.15, 0.2) is 18.2 Å². The van der Waals surface area contributed by atoms with Crippen LogP contribution < -0.4 is 5.32 Å². The number of anilines is 1. The van der Waals surface area contributed by atoms with E-state index in [0.29, 0.717) is 0 Å². The lowest BCUT2D eigenvalue weighted by Crippen LogP contribution is -2.37. The van der Waals surface area contributed by atoms with Crippen molar-refractivity contribution < 1.29 is 9.59 Å². The first kappa shape index (κ1) is 19.5. The van der Waals surface area contributed by atoms with E-state index < -0.39 is 0 Å². The molecule has 0 radical (unpaired) electrons. The number of hydrogen-bond acceptors (Lipinski definition) is 2. The lowest BCUT2D eigenvalue weighted by atomic mass is 9.81. The lowest BCUT2D eigenvalue weighted by molar-refractivity contribution is -0.136. The van der Waals surface area contributed by atoms with Crippen molar-refractivity contribution in [2.75, 3.05) is 18.9 Å². The number of nitrogens with zero attached hydrogens (tertiary/aromatic N) is 1. The van der Waals surface area contributed by atoms with E-state index in [2.05, 4.69) is 18.3 Å². The van der Waals surface area contributed by atoms with Crippen LogP contribution in [0.5, 0.6) is 0 Å². The maximum atomic E-state index is 12.6. The van der Waals surface area contributed by atoms with Crippen molar-refractivity contribution in [3.63, 3.8) is 0 Å². The normalized spacial score (nSPS) is 20.2. The van der Waals surface area contributed by atoms with Gasteiger partial charge in [0, 0.05) is 31.1 Å². The van der Waals surface area contributed by atoms with Crippen LogP contribution in [0.1, 0.15) is 56.6 Å². The van der Waals surface area contributed by atoms with E-state index in [-0.39, 0.29) is 23.7 Å². The molecule has 0 bridgehead atoms. The second kappa shape index (κ2) is 9.02. The van der Waals surface area contributed by atoms with Crippen molar-refractivity contribution in [3.05, 3.63) is 29.3 Å². The van der Waals surface area contributed by atoms with Crippen molar-refractivity contribution in [1.29, 1.82) is 0 Å². The molecular formula is C21H32N2O2. The van der Waals surface area contributed by atoms with Crippen LogP contribution in [0, 0.1) is 25.7 Å². The molecular weight excluding hydrogens is 312 g/mol. The largest absolute Gasteiger partial charge is 0.346 e. The van der Waals surface area contributed by atoms with Crippen LogP contribution in [0.25, 0.3) is 0 Å². The molecule has 1 N–H and O–H groups in total. The zero-order valence-corrected chi connectivity index (χ0v) is 16.1. The zero-order chi connectivity index (χ0) is 18.4. The molecule has 4 heteroatoms. The van der Waals surface area contributed by atoms with Gasteiger partial charge in [0.05, 0.1) is 0 Å². The Bertz CT molecular complexity index is 604. The van der Waals surface area contributed by atoms with Crippen molar-refractivity contribution in [3.8, 4) is 0 Å². The standard InChI is InChI=1S/C21H32N2O2/c1-5-6-13-23(4)21(25)18-11-9-17(10-12-18)20(24)22-19-14-15(2)7-8-16(19)3/h7-8,14,17-18H,5-6,9-13H2,1-4H3,(H,22,24). The first-order chi connectivity index (χ1) is 11.9. The van der Waals surface area contributed by atoms with Gasteiger partial charge in [-0.2, -0.15) is 0 Å². The van der Waals surface area contributed by atoms with Crippen molar-refractivity contribution in [2.24, 2.45) is 11.8 Å². The van der Waals surface area contributed by atoms with Gasteiger partial charge < -0.3 is 10.2 Å². The Morgan fingerprint density at radius 3 is 2.40 bits per heavy atom. The topological polar surface area (TPSA) is 49.4 Å². The van der Waals surface area contributed by atoms with Gasteiger partial charge in [-0.15, -0.1) is 0 Å². The Morgan fingerprint density at radius 1 is 1.12 bits per heavy atom. The summed E-state index contributed by atoms with van der Waals surface area (Å²) in [5.41, 5.74) is 3.13. The van der Waals surface area contributed by atoms with Gasteiger partial charge in [0.2, 0.25) is 11.8 Å². The summed E-state index contributed by atoms with van der Waals surface area (Å²) in [5, 5.41) is 3.08. The SMILES string of the molecule is CCCCN(C)C(=O)C1CCC(C(=O)Nc2cc(C)ccc2C)CC1. The highest BCUT2D eigenvalue weighted by atomic mass is 16.2. The third-order valence-electron chi connectivity index (χ3n) is 5.32. The van der Waals surface area contributed by atoms with E-state index in [1.165, 1.54) is 0 Å². The summed E-state index contributed by atoms with van der Waals surface area (Å²) >= 11 is 0. The molecule has 2 amide bonds. The molecule has 0 spiro atoms. The molecule has 25 heavy (non-hydrogen) atoms. The van der Waals surface area contributed by atoms with Crippen LogP contribution in [-0.4, -0.2) is 30.3 Å². The minimum absolute atomic E-state index is 0.0184. The number of carbonyl (C=O) groups excluding carboxylic acids is 2. The first-order valence-corrected chi connectivity index (χ1v) is 9.55. The van der Waals surface area contributed by atoms with Gasteiger partial charge in [-0.05, 0) is 63.1 Å². The van der Waals surface area contributed by atoms with Crippen molar-refractivity contribution >= 4 is 17.5 Å². The Labute approximate surface area is 152 Å². The van der Waals surface area contributed by atoms with Gasteiger partial charge in [-0.25, -0.2) is 0 Å². The molecule has 0 atom stereocenters. The highest BCUT2D eigenvalue weighted by molar-refractivity contribution is 5.93. The van der Waals surface area contributed by atoms with Crippen LogP contribution in [0.4, 0.5) is 5.69 Å². The van der Waals surface area contributed by atoms with Gasteiger partial charge in [0.15, 0.2) is 0 Å². The average molecular weight is 344 g/mol. The second-order valence-corrected chi connectivity index (χ2v) is 7.47. The number of benzene rings is 1. The number of rotatable bonds is 6. The predicted molar refractivity (Wildman–Crippen MR) is 103 cm³/mol. The molecule has 0 aliphatic heterocycles. The fraction of sp³-hybridized carbons (Fsp3) is 0.619. The minimum atomic E-state index is 0.0184. The summed E-state index contributed by atoms with van der Waals surface area (Å²) in [6.07, 6.45) is 5.39. The molecule has 0 heterocycles. The Morgan fingerprint density at radius 2 is 1.76 bits per heavy atom. The molecule has 0 unspecified atom stereocenters. The predicted octanol–water partition coefficient (Wildman–Crippen LogP) is 4.31. The van der Waals surface area contributed by atoms with E-state index in [9.17, 15) is 9.59 Å². The van der Waals surface area contributed by atoms with Crippen LogP contribution in [-0.2, 0) is 9.59 Å². The number of nitrogens with one attached hydrogen (secondary N) is 1. The molecule has 4 nitrogen and oxygen atoms in total. The minimum Gasteiger partial charge on any atom is -0.346 e. The fourth-order valence-corrected chi connectivity index (χ4v) is 3.53. The third-order valence-corrected chi connectivity index (χ3v) is 5.32. The van der Waals surface area contributed by atoms with Gasteiger partial charge in [-0.1, -0.05) is 25.5 Å². The smallest absolute Gasteiger partial charge is 0.227 e. The van der Waals surface area contributed by atoms with E-state index in [1.807, 2.05) is 37.9 Å². The molecule has 1 saturated carbocycles. The number of hydrogen-bond donors (Lipinski definition) is 1. The summed E-state index contributed by atoms with van der Waals surface area (Å²) < 4.78 is 0. The third kappa shape index (κ3) is 5.32. The highest BCUT2D eigenvalue weighted by Gasteiger charge is 2.31. The lowest BCUT2D eigenvalue weighted by Gasteiger charge is -2.30.